The van der Waals surface area contributed by atoms with E-state index in [1.807, 2.05) is 13.0 Å². The first kappa shape index (κ1) is 14.9. The SMILES string of the molecule is CCOC(C(C)C)C(NN)c1cncc(OC)c1. The fraction of sp³-hybridized carbons (Fsp3) is 0.615. The second-order valence-corrected chi connectivity index (χ2v) is 4.47. The number of aromatic nitrogens is 1. The minimum atomic E-state index is -0.104. The lowest BCUT2D eigenvalue weighted by molar-refractivity contribution is 0.00266. The molecule has 1 aromatic rings. The van der Waals surface area contributed by atoms with Gasteiger partial charge in [-0.2, -0.15) is 0 Å². The summed E-state index contributed by atoms with van der Waals surface area (Å²) in [5.74, 6) is 6.73. The van der Waals surface area contributed by atoms with Crippen molar-refractivity contribution in [1.82, 2.24) is 10.4 Å². The molecule has 0 radical (unpaired) electrons. The Kier molecular flexibility index (Phi) is 6.04. The molecule has 2 atom stereocenters. The van der Waals surface area contributed by atoms with Gasteiger partial charge in [0.2, 0.25) is 0 Å². The number of pyridine rings is 1. The van der Waals surface area contributed by atoms with Crippen LogP contribution >= 0.6 is 0 Å². The maximum atomic E-state index is 5.77. The van der Waals surface area contributed by atoms with Gasteiger partial charge in [-0.3, -0.25) is 16.3 Å². The van der Waals surface area contributed by atoms with E-state index in [4.69, 9.17) is 15.3 Å². The van der Waals surface area contributed by atoms with E-state index in [-0.39, 0.29) is 12.1 Å². The Morgan fingerprint density at radius 2 is 2.11 bits per heavy atom. The molecule has 5 heteroatoms. The Morgan fingerprint density at radius 3 is 2.61 bits per heavy atom. The van der Waals surface area contributed by atoms with Gasteiger partial charge in [-0.15, -0.1) is 0 Å². The summed E-state index contributed by atoms with van der Waals surface area (Å²) in [5.41, 5.74) is 3.78. The van der Waals surface area contributed by atoms with Gasteiger partial charge in [-0.1, -0.05) is 13.8 Å². The largest absolute Gasteiger partial charge is 0.495 e. The Morgan fingerprint density at radius 1 is 1.39 bits per heavy atom. The third-order valence-electron chi connectivity index (χ3n) is 2.85. The molecule has 3 N–H and O–H groups in total. The van der Waals surface area contributed by atoms with Crippen molar-refractivity contribution in [2.24, 2.45) is 11.8 Å². The summed E-state index contributed by atoms with van der Waals surface area (Å²) >= 11 is 0. The van der Waals surface area contributed by atoms with Crippen molar-refractivity contribution in [3.8, 4) is 5.75 Å². The van der Waals surface area contributed by atoms with E-state index in [1.165, 1.54) is 0 Å². The zero-order valence-electron chi connectivity index (χ0n) is 11.5. The Bertz CT molecular complexity index is 358. The van der Waals surface area contributed by atoms with E-state index >= 15 is 0 Å². The number of hydrazine groups is 1. The number of ether oxygens (including phenoxy) is 2. The first-order valence-electron chi connectivity index (χ1n) is 6.20. The van der Waals surface area contributed by atoms with Crippen LogP contribution in [0.25, 0.3) is 0 Å². The van der Waals surface area contributed by atoms with Gasteiger partial charge in [-0.05, 0) is 24.5 Å². The molecule has 18 heavy (non-hydrogen) atoms. The van der Waals surface area contributed by atoms with Crippen molar-refractivity contribution in [2.75, 3.05) is 13.7 Å². The lowest BCUT2D eigenvalue weighted by Crippen LogP contribution is -2.40. The zero-order chi connectivity index (χ0) is 13.5. The molecule has 1 rings (SSSR count). The van der Waals surface area contributed by atoms with E-state index < -0.39 is 0 Å². The van der Waals surface area contributed by atoms with E-state index in [0.29, 0.717) is 18.3 Å². The van der Waals surface area contributed by atoms with E-state index in [9.17, 15) is 0 Å². The van der Waals surface area contributed by atoms with Gasteiger partial charge in [0.25, 0.3) is 0 Å². The molecule has 1 heterocycles. The summed E-state index contributed by atoms with van der Waals surface area (Å²) in [4.78, 5) is 4.15. The van der Waals surface area contributed by atoms with Crippen molar-refractivity contribution >= 4 is 0 Å². The number of nitrogens with one attached hydrogen (secondary N) is 1. The molecule has 0 saturated carbocycles. The van der Waals surface area contributed by atoms with E-state index in [2.05, 4.69) is 24.3 Å². The molecule has 0 aliphatic heterocycles. The van der Waals surface area contributed by atoms with Gasteiger partial charge in [0.1, 0.15) is 5.75 Å². The van der Waals surface area contributed by atoms with Gasteiger partial charge >= 0.3 is 0 Å². The monoisotopic (exact) mass is 253 g/mol. The van der Waals surface area contributed by atoms with Crippen LogP contribution in [0, 0.1) is 5.92 Å². The third-order valence-corrected chi connectivity index (χ3v) is 2.85. The fourth-order valence-electron chi connectivity index (χ4n) is 1.96. The summed E-state index contributed by atoms with van der Waals surface area (Å²) in [6.07, 6.45) is 3.44. The molecular formula is C13H23N3O2. The number of hydrogen-bond donors (Lipinski definition) is 2. The van der Waals surface area contributed by atoms with Crippen molar-refractivity contribution < 1.29 is 9.47 Å². The average molecular weight is 253 g/mol. The molecule has 0 aromatic carbocycles. The second-order valence-electron chi connectivity index (χ2n) is 4.47. The summed E-state index contributed by atoms with van der Waals surface area (Å²) in [5, 5.41) is 0. The fourth-order valence-corrected chi connectivity index (χ4v) is 1.96. The normalized spacial score (nSPS) is 14.6. The van der Waals surface area contributed by atoms with Gasteiger partial charge in [0, 0.05) is 12.8 Å². The zero-order valence-corrected chi connectivity index (χ0v) is 11.5. The molecular weight excluding hydrogens is 230 g/mol. The number of nitrogens with zero attached hydrogens (tertiary/aromatic N) is 1. The van der Waals surface area contributed by atoms with Crippen molar-refractivity contribution in [1.29, 1.82) is 0 Å². The molecule has 0 saturated heterocycles. The van der Waals surface area contributed by atoms with Crippen molar-refractivity contribution in [2.45, 2.75) is 32.9 Å². The lowest BCUT2D eigenvalue weighted by Gasteiger charge is -2.29. The van der Waals surface area contributed by atoms with Gasteiger partial charge < -0.3 is 9.47 Å². The van der Waals surface area contributed by atoms with Gasteiger partial charge in [-0.25, -0.2) is 0 Å². The van der Waals surface area contributed by atoms with Gasteiger partial charge in [0.05, 0.1) is 25.5 Å². The van der Waals surface area contributed by atoms with Crippen LogP contribution in [-0.4, -0.2) is 24.8 Å². The standard InChI is InChI=1S/C13H23N3O2/c1-5-18-13(9(2)3)12(16-14)10-6-11(17-4)8-15-7-10/h6-9,12-13,16H,5,14H2,1-4H3. The van der Waals surface area contributed by atoms with Crippen LogP contribution in [0.1, 0.15) is 32.4 Å². The number of rotatable bonds is 7. The van der Waals surface area contributed by atoms with Crippen LogP contribution in [0.15, 0.2) is 18.5 Å². The molecule has 2 unspecified atom stereocenters. The summed E-state index contributed by atoms with van der Waals surface area (Å²) in [6, 6.07) is 1.82. The van der Waals surface area contributed by atoms with E-state index in [0.717, 1.165) is 5.56 Å². The Hall–Kier alpha value is -1.17. The highest BCUT2D eigenvalue weighted by molar-refractivity contribution is 5.26. The minimum Gasteiger partial charge on any atom is -0.495 e. The number of hydrogen-bond acceptors (Lipinski definition) is 5. The van der Waals surface area contributed by atoms with Crippen LogP contribution in [0.4, 0.5) is 0 Å². The van der Waals surface area contributed by atoms with E-state index in [1.54, 1.807) is 19.5 Å². The van der Waals surface area contributed by atoms with Crippen molar-refractivity contribution in [3.63, 3.8) is 0 Å². The molecule has 0 aliphatic carbocycles. The molecule has 0 bridgehead atoms. The molecule has 5 nitrogen and oxygen atoms in total. The summed E-state index contributed by atoms with van der Waals surface area (Å²) < 4.78 is 11.0. The van der Waals surface area contributed by atoms with Crippen LogP contribution in [-0.2, 0) is 4.74 Å². The first-order chi connectivity index (χ1) is 8.63. The van der Waals surface area contributed by atoms with Crippen LogP contribution < -0.4 is 16.0 Å². The lowest BCUT2D eigenvalue weighted by atomic mass is 9.95. The average Bonchev–Trinajstić information content (AvgIpc) is 2.38. The molecule has 102 valence electrons. The Balaban J connectivity index is 2.98. The molecule has 1 aromatic heterocycles. The first-order valence-corrected chi connectivity index (χ1v) is 6.20. The molecule has 0 spiro atoms. The van der Waals surface area contributed by atoms with Crippen molar-refractivity contribution in [3.05, 3.63) is 24.0 Å². The van der Waals surface area contributed by atoms with Crippen LogP contribution in [0.5, 0.6) is 5.75 Å². The van der Waals surface area contributed by atoms with Crippen LogP contribution in [0.3, 0.4) is 0 Å². The predicted octanol–water partition coefficient (Wildman–Crippen LogP) is 1.66. The highest BCUT2D eigenvalue weighted by Crippen LogP contribution is 2.25. The van der Waals surface area contributed by atoms with Gasteiger partial charge in [0.15, 0.2) is 0 Å². The topological polar surface area (TPSA) is 69.4 Å². The maximum absolute atomic E-state index is 5.77. The summed E-state index contributed by atoms with van der Waals surface area (Å²) in [7, 11) is 1.62. The smallest absolute Gasteiger partial charge is 0.137 e. The third kappa shape index (κ3) is 3.66. The quantitative estimate of drug-likeness (QED) is 0.571. The second kappa shape index (κ2) is 7.31. The molecule has 0 amide bonds. The highest BCUT2D eigenvalue weighted by Gasteiger charge is 2.26. The summed E-state index contributed by atoms with van der Waals surface area (Å²) in [6.45, 7) is 6.85. The minimum absolute atomic E-state index is 0.00564. The predicted molar refractivity (Wildman–Crippen MR) is 71.1 cm³/mol. The number of methoxy groups -OCH3 is 1. The molecule has 0 aliphatic rings. The Labute approximate surface area is 109 Å². The number of nitrogens with two attached hydrogens (primary N) is 1. The maximum Gasteiger partial charge on any atom is 0.137 e. The highest BCUT2D eigenvalue weighted by atomic mass is 16.5. The molecule has 0 fully saturated rings. The van der Waals surface area contributed by atoms with Crippen LogP contribution in [0.2, 0.25) is 0 Å².